The number of aliphatic hydroxyl groups is 1. The zero-order chi connectivity index (χ0) is 18.8. The Hall–Kier alpha value is -1.92. The first-order valence-electron chi connectivity index (χ1n) is 8.82. The fourth-order valence-electron chi connectivity index (χ4n) is 2.58. The fraction of sp³-hybridized carbons (Fsp3) is 0.350. The summed E-state index contributed by atoms with van der Waals surface area (Å²) < 4.78 is 0. The van der Waals surface area contributed by atoms with E-state index in [1.807, 2.05) is 61.5 Å². The molecule has 140 valence electrons. The maximum Gasteiger partial charge on any atom is 0.244 e. The monoisotopic (exact) mass is 375 g/mol. The van der Waals surface area contributed by atoms with E-state index in [4.69, 9.17) is 11.6 Å². The third-order valence-corrected chi connectivity index (χ3v) is 4.26. The molecule has 6 heteroatoms. The summed E-state index contributed by atoms with van der Waals surface area (Å²) in [6.45, 7) is 3.60. The Morgan fingerprint density at radius 2 is 1.81 bits per heavy atom. The molecular formula is C20H26ClN3O2. The van der Waals surface area contributed by atoms with Crippen molar-refractivity contribution in [1.29, 1.82) is 0 Å². The summed E-state index contributed by atoms with van der Waals surface area (Å²) in [4.78, 5) is 12.6. The molecule has 0 aliphatic rings. The van der Waals surface area contributed by atoms with Crippen LogP contribution in [0.4, 0.5) is 5.69 Å². The Morgan fingerprint density at radius 1 is 1.12 bits per heavy atom. The zero-order valence-electron chi connectivity index (χ0n) is 14.9. The van der Waals surface area contributed by atoms with Crippen molar-refractivity contribution in [1.82, 2.24) is 10.6 Å². The topological polar surface area (TPSA) is 73.4 Å². The quantitative estimate of drug-likeness (QED) is 0.514. The number of anilines is 1. The molecule has 5 nitrogen and oxygen atoms in total. The van der Waals surface area contributed by atoms with Crippen LogP contribution in [-0.2, 0) is 11.2 Å². The molecule has 2 unspecified atom stereocenters. The first-order chi connectivity index (χ1) is 12.6. The van der Waals surface area contributed by atoms with Gasteiger partial charge in [-0.15, -0.1) is 0 Å². The summed E-state index contributed by atoms with van der Waals surface area (Å²) in [5, 5.41) is 20.2. The molecule has 1 amide bonds. The second-order valence-corrected chi connectivity index (χ2v) is 6.47. The van der Waals surface area contributed by atoms with Gasteiger partial charge >= 0.3 is 0 Å². The smallest absolute Gasteiger partial charge is 0.244 e. The lowest BCUT2D eigenvalue weighted by Crippen LogP contribution is -2.52. The van der Waals surface area contributed by atoms with E-state index in [0.717, 1.165) is 18.5 Å². The van der Waals surface area contributed by atoms with Crippen LogP contribution in [0.15, 0.2) is 54.6 Å². The van der Waals surface area contributed by atoms with Crippen LogP contribution in [0.1, 0.15) is 12.5 Å². The number of carbonyl (C=O) groups is 1. The maximum absolute atomic E-state index is 12.6. The number of aliphatic hydroxyl groups excluding tert-OH is 1. The minimum Gasteiger partial charge on any atom is -0.390 e. The highest BCUT2D eigenvalue weighted by atomic mass is 35.5. The van der Waals surface area contributed by atoms with Gasteiger partial charge in [-0.3, -0.25) is 4.79 Å². The van der Waals surface area contributed by atoms with Crippen LogP contribution in [0.5, 0.6) is 0 Å². The summed E-state index contributed by atoms with van der Waals surface area (Å²) in [6.07, 6.45) is -0.0934. The average Bonchev–Trinajstić information content (AvgIpc) is 2.65. The maximum atomic E-state index is 12.6. The molecule has 4 N–H and O–H groups in total. The van der Waals surface area contributed by atoms with Gasteiger partial charge in [-0.05, 0) is 42.8 Å². The average molecular weight is 376 g/mol. The van der Waals surface area contributed by atoms with Crippen molar-refractivity contribution in [3.05, 3.63) is 65.2 Å². The molecule has 0 aliphatic heterocycles. The van der Waals surface area contributed by atoms with Gasteiger partial charge in [0.25, 0.3) is 0 Å². The van der Waals surface area contributed by atoms with Gasteiger partial charge in [0.15, 0.2) is 0 Å². The molecule has 2 aromatic rings. The van der Waals surface area contributed by atoms with Crippen LogP contribution in [0.2, 0.25) is 5.02 Å². The molecule has 0 aromatic heterocycles. The summed E-state index contributed by atoms with van der Waals surface area (Å²) in [6, 6.07) is 16.1. The number of halogens is 1. The first kappa shape index (κ1) is 20.4. The molecule has 0 aliphatic carbocycles. The van der Waals surface area contributed by atoms with E-state index in [2.05, 4.69) is 16.0 Å². The molecule has 26 heavy (non-hydrogen) atoms. The Kier molecular flexibility index (Phi) is 8.58. The van der Waals surface area contributed by atoms with Crippen molar-refractivity contribution in [2.24, 2.45) is 0 Å². The predicted molar refractivity (Wildman–Crippen MR) is 107 cm³/mol. The van der Waals surface area contributed by atoms with E-state index in [0.29, 0.717) is 23.8 Å². The number of carbonyl (C=O) groups excluding carboxylic acids is 1. The summed E-state index contributed by atoms with van der Waals surface area (Å²) in [7, 11) is 0. The van der Waals surface area contributed by atoms with Gasteiger partial charge in [0.2, 0.25) is 5.91 Å². The van der Waals surface area contributed by atoms with E-state index in [9.17, 15) is 9.90 Å². The van der Waals surface area contributed by atoms with Gasteiger partial charge < -0.3 is 21.1 Å². The summed E-state index contributed by atoms with van der Waals surface area (Å²) in [5.41, 5.74) is 1.82. The SMILES string of the molecule is CCNCC(O)C(NCCc1ccc(Cl)cc1)C(=O)Nc1ccccc1. The molecular weight excluding hydrogens is 350 g/mol. The number of hydrogen-bond acceptors (Lipinski definition) is 4. The van der Waals surface area contributed by atoms with Crippen LogP contribution in [0.3, 0.4) is 0 Å². The minimum atomic E-state index is -0.830. The number of para-hydroxylation sites is 1. The second-order valence-electron chi connectivity index (χ2n) is 6.04. The zero-order valence-corrected chi connectivity index (χ0v) is 15.7. The van der Waals surface area contributed by atoms with Crippen molar-refractivity contribution < 1.29 is 9.90 Å². The Balaban J connectivity index is 1.95. The van der Waals surface area contributed by atoms with E-state index in [1.165, 1.54) is 0 Å². The Labute approximate surface area is 159 Å². The van der Waals surface area contributed by atoms with E-state index in [1.54, 1.807) is 0 Å². The molecule has 2 aromatic carbocycles. The van der Waals surface area contributed by atoms with E-state index in [-0.39, 0.29) is 5.91 Å². The molecule has 0 fully saturated rings. The molecule has 0 saturated heterocycles. The number of likely N-dealkylation sites (N-methyl/N-ethyl adjacent to an activating group) is 1. The molecule has 2 atom stereocenters. The second kappa shape index (κ2) is 10.9. The summed E-state index contributed by atoms with van der Waals surface area (Å²) >= 11 is 5.90. The first-order valence-corrected chi connectivity index (χ1v) is 9.20. The standard InChI is InChI=1S/C20H26ClN3O2/c1-2-22-14-18(25)19(20(26)24-17-6-4-3-5-7-17)23-13-12-15-8-10-16(21)11-9-15/h3-11,18-19,22-23,25H,2,12-14H2,1H3,(H,24,26). The molecule has 0 spiro atoms. The third kappa shape index (κ3) is 6.77. The lowest BCUT2D eigenvalue weighted by molar-refractivity contribution is -0.120. The Bertz CT molecular complexity index is 665. The lowest BCUT2D eigenvalue weighted by Gasteiger charge is -2.24. The third-order valence-electron chi connectivity index (χ3n) is 4.00. The molecule has 0 saturated carbocycles. The van der Waals surface area contributed by atoms with E-state index >= 15 is 0 Å². The predicted octanol–water partition coefficient (Wildman–Crippen LogP) is 2.45. The highest BCUT2D eigenvalue weighted by Gasteiger charge is 2.26. The van der Waals surface area contributed by atoms with Gasteiger partial charge in [0, 0.05) is 23.8 Å². The van der Waals surface area contributed by atoms with Crippen molar-refractivity contribution in [2.75, 3.05) is 25.0 Å². The van der Waals surface area contributed by atoms with Crippen LogP contribution in [0, 0.1) is 0 Å². The normalized spacial score (nSPS) is 13.2. The number of nitrogens with one attached hydrogen (secondary N) is 3. The van der Waals surface area contributed by atoms with Crippen molar-refractivity contribution in [3.8, 4) is 0 Å². The molecule has 0 heterocycles. The van der Waals surface area contributed by atoms with Crippen LogP contribution in [0.25, 0.3) is 0 Å². The minimum absolute atomic E-state index is 0.252. The van der Waals surface area contributed by atoms with Crippen molar-refractivity contribution >= 4 is 23.2 Å². The Morgan fingerprint density at radius 3 is 2.46 bits per heavy atom. The van der Waals surface area contributed by atoms with Crippen LogP contribution in [-0.4, -0.2) is 42.8 Å². The van der Waals surface area contributed by atoms with Crippen molar-refractivity contribution in [2.45, 2.75) is 25.5 Å². The number of amides is 1. The molecule has 0 radical (unpaired) electrons. The van der Waals surface area contributed by atoms with Gasteiger partial charge in [-0.2, -0.15) is 0 Å². The lowest BCUT2D eigenvalue weighted by atomic mass is 10.1. The summed E-state index contributed by atoms with van der Waals surface area (Å²) in [5.74, 6) is -0.252. The van der Waals surface area contributed by atoms with Gasteiger partial charge in [-0.25, -0.2) is 0 Å². The number of hydrogen-bond donors (Lipinski definition) is 4. The molecule has 0 bridgehead atoms. The highest BCUT2D eigenvalue weighted by molar-refractivity contribution is 6.30. The largest absolute Gasteiger partial charge is 0.390 e. The number of benzene rings is 2. The number of rotatable bonds is 10. The van der Waals surface area contributed by atoms with Crippen LogP contribution < -0.4 is 16.0 Å². The van der Waals surface area contributed by atoms with Gasteiger partial charge in [0.1, 0.15) is 6.04 Å². The van der Waals surface area contributed by atoms with Gasteiger partial charge in [0.05, 0.1) is 6.10 Å². The van der Waals surface area contributed by atoms with Crippen molar-refractivity contribution in [3.63, 3.8) is 0 Å². The van der Waals surface area contributed by atoms with Gasteiger partial charge in [-0.1, -0.05) is 48.9 Å². The fourth-order valence-corrected chi connectivity index (χ4v) is 2.70. The van der Waals surface area contributed by atoms with Crippen LogP contribution >= 0.6 is 11.6 Å². The molecule has 2 rings (SSSR count). The van der Waals surface area contributed by atoms with E-state index < -0.39 is 12.1 Å². The highest BCUT2D eigenvalue weighted by Crippen LogP contribution is 2.10.